The zero-order valence-corrected chi connectivity index (χ0v) is 19.5. The average molecular weight is 535 g/mol. The van der Waals surface area contributed by atoms with Crippen LogP contribution in [-0.4, -0.2) is 59.8 Å². The molecular formula is C22H18ClF3N8O3. The van der Waals surface area contributed by atoms with Gasteiger partial charge in [-0.05, 0) is 30.3 Å². The van der Waals surface area contributed by atoms with E-state index in [9.17, 15) is 27.9 Å². The van der Waals surface area contributed by atoms with E-state index in [1.54, 1.807) is 24.4 Å². The fourth-order valence-corrected chi connectivity index (χ4v) is 4.52. The van der Waals surface area contributed by atoms with Crippen LogP contribution in [0, 0.1) is 0 Å². The quantitative estimate of drug-likeness (QED) is 0.308. The smallest absolute Gasteiger partial charge is 0.417 e. The minimum atomic E-state index is -4.72. The molecule has 2 aromatic carbocycles. The second kappa shape index (κ2) is 8.96. The highest BCUT2D eigenvalue weighted by molar-refractivity contribution is 6.31. The molecule has 4 aromatic rings. The van der Waals surface area contributed by atoms with Gasteiger partial charge in [0, 0.05) is 29.6 Å². The molecule has 2 unspecified atom stereocenters. The summed E-state index contributed by atoms with van der Waals surface area (Å²) in [4.78, 5) is 25.7. The molecule has 15 heteroatoms. The zero-order chi connectivity index (χ0) is 26.5. The number of fused-ring (bicyclic) bond motifs is 1. The zero-order valence-electron chi connectivity index (χ0n) is 18.7. The first-order valence-corrected chi connectivity index (χ1v) is 11.2. The van der Waals surface area contributed by atoms with E-state index in [4.69, 9.17) is 17.3 Å². The minimum absolute atomic E-state index is 0.0385. The predicted octanol–water partition coefficient (Wildman–Crippen LogP) is 4.01. The summed E-state index contributed by atoms with van der Waals surface area (Å²) < 4.78 is 41.0. The van der Waals surface area contributed by atoms with Crippen molar-refractivity contribution in [1.82, 2.24) is 30.1 Å². The molecule has 5 rings (SSSR count). The topological polar surface area (TPSA) is 155 Å². The third kappa shape index (κ3) is 4.62. The van der Waals surface area contributed by atoms with Gasteiger partial charge in [-0.3, -0.25) is 14.8 Å². The van der Waals surface area contributed by atoms with Gasteiger partial charge in [0.25, 0.3) is 0 Å². The normalized spacial score (nSPS) is 17.9. The molecule has 0 spiro atoms. The molecule has 1 aliphatic heterocycles. The SMILES string of the molecule is Nc1n[nH]c2cc(-c3cn(C4CC(C(=O)Nc5ccc(Cl)c(C(F)(F)F)c5)N(C(=O)O)C4)nn3)ccc12. The van der Waals surface area contributed by atoms with Crippen LogP contribution >= 0.6 is 11.6 Å². The lowest BCUT2D eigenvalue weighted by Gasteiger charge is -2.20. The Morgan fingerprint density at radius 1 is 1.22 bits per heavy atom. The molecule has 2 amide bonds. The molecule has 0 saturated carbocycles. The maximum absolute atomic E-state index is 13.2. The maximum atomic E-state index is 13.2. The number of hydrogen-bond donors (Lipinski definition) is 4. The number of carboxylic acid groups (broad SMARTS) is 1. The molecule has 2 atom stereocenters. The number of alkyl halides is 3. The van der Waals surface area contributed by atoms with Gasteiger partial charge in [-0.15, -0.1) is 5.10 Å². The number of nitrogens with two attached hydrogens (primary N) is 1. The van der Waals surface area contributed by atoms with Gasteiger partial charge in [-0.1, -0.05) is 22.9 Å². The monoisotopic (exact) mass is 534 g/mol. The largest absolute Gasteiger partial charge is 0.465 e. The number of hydrogen-bond acceptors (Lipinski definition) is 6. The molecule has 37 heavy (non-hydrogen) atoms. The molecule has 11 nitrogen and oxygen atoms in total. The Hall–Kier alpha value is -4.33. The number of halogens is 4. The minimum Gasteiger partial charge on any atom is -0.465 e. The van der Waals surface area contributed by atoms with Crippen LogP contribution in [0.1, 0.15) is 18.0 Å². The molecule has 1 aliphatic rings. The van der Waals surface area contributed by atoms with Gasteiger partial charge in [-0.25, -0.2) is 9.48 Å². The van der Waals surface area contributed by atoms with E-state index in [2.05, 4.69) is 25.8 Å². The number of nitrogens with one attached hydrogen (secondary N) is 2. The lowest BCUT2D eigenvalue weighted by molar-refractivity contribution is -0.137. The van der Waals surface area contributed by atoms with Crippen molar-refractivity contribution in [2.75, 3.05) is 17.6 Å². The number of benzene rings is 2. The fourth-order valence-electron chi connectivity index (χ4n) is 4.30. The number of amides is 2. The molecule has 0 aliphatic carbocycles. The van der Waals surface area contributed by atoms with E-state index in [1.165, 1.54) is 10.7 Å². The van der Waals surface area contributed by atoms with Gasteiger partial charge in [0.1, 0.15) is 11.7 Å². The van der Waals surface area contributed by atoms with Gasteiger partial charge in [0.2, 0.25) is 5.91 Å². The Labute approximate surface area is 211 Å². The molecular weight excluding hydrogens is 517 g/mol. The van der Waals surface area contributed by atoms with Crippen LogP contribution < -0.4 is 11.1 Å². The number of nitrogens with zero attached hydrogens (tertiary/aromatic N) is 5. The molecule has 1 fully saturated rings. The van der Waals surface area contributed by atoms with Gasteiger partial charge in [0.05, 0.1) is 28.3 Å². The highest BCUT2D eigenvalue weighted by atomic mass is 35.5. The number of likely N-dealkylation sites (tertiary alicyclic amines) is 1. The predicted molar refractivity (Wildman–Crippen MR) is 127 cm³/mol. The van der Waals surface area contributed by atoms with Crippen molar-refractivity contribution in [3.8, 4) is 11.3 Å². The maximum Gasteiger partial charge on any atom is 0.417 e. The number of carbonyl (C=O) groups excluding carboxylic acids is 1. The van der Waals surface area contributed by atoms with Crippen molar-refractivity contribution < 1.29 is 27.9 Å². The molecule has 0 bridgehead atoms. The first kappa shape index (κ1) is 24.4. The van der Waals surface area contributed by atoms with Gasteiger partial charge >= 0.3 is 12.3 Å². The van der Waals surface area contributed by atoms with Crippen LogP contribution in [0.4, 0.5) is 29.5 Å². The highest BCUT2D eigenvalue weighted by Crippen LogP contribution is 2.36. The molecule has 192 valence electrons. The van der Waals surface area contributed by atoms with Crippen LogP contribution in [-0.2, 0) is 11.0 Å². The second-order valence-corrected chi connectivity index (χ2v) is 8.88. The summed E-state index contributed by atoms with van der Waals surface area (Å²) in [7, 11) is 0. The number of rotatable bonds is 4. The van der Waals surface area contributed by atoms with Crippen LogP contribution in [0.25, 0.3) is 22.2 Å². The van der Waals surface area contributed by atoms with E-state index in [1.807, 2.05) is 0 Å². The molecule has 3 heterocycles. The van der Waals surface area contributed by atoms with Crippen LogP contribution in [0.5, 0.6) is 0 Å². The third-order valence-corrected chi connectivity index (χ3v) is 6.47. The van der Waals surface area contributed by atoms with Crippen molar-refractivity contribution in [2.45, 2.75) is 24.7 Å². The molecule has 0 radical (unpaired) electrons. The van der Waals surface area contributed by atoms with Crippen LogP contribution in [0.15, 0.2) is 42.6 Å². The molecule has 2 aromatic heterocycles. The summed E-state index contributed by atoms with van der Waals surface area (Å²) in [6, 6.07) is 6.59. The fraction of sp³-hybridized carbons (Fsp3) is 0.227. The summed E-state index contributed by atoms with van der Waals surface area (Å²) in [6.45, 7) is -0.0687. The number of carbonyl (C=O) groups is 2. The number of aromatic nitrogens is 5. The third-order valence-electron chi connectivity index (χ3n) is 6.14. The van der Waals surface area contributed by atoms with Crippen molar-refractivity contribution in [2.24, 2.45) is 0 Å². The Kier molecular flexibility index (Phi) is 5.90. The molecule has 1 saturated heterocycles. The number of aromatic amines is 1. The van der Waals surface area contributed by atoms with E-state index < -0.39 is 40.8 Å². The second-order valence-electron chi connectivity index (χ2n) is 8.47. The summed E-state index contributed by atoms with van der Waals surface area (Å²) in [6.07, 6.45) is -4.41. The standard InChI is InChI=1S/C22H18ClF3N8O3/c23-15-4-2-11(6-14(15)22(24,25)26)28-20(35)18-7-12(8-33(18)21(36)37)34-9-17(30-32-34)10-1-3-13-16(5-10)29-31-19(13)27/h1-6,9,12,18H,7-8H2,(H,28,35)(H,36,37)(H3,27,29,31). The summed E-state index contributed by atoms with van der Waals surface area (Å²) in [5.74, 6) is -0.412. The summed E-state index contributed by atoms with van der Waals surface area (Å²) in [5.41, 5.74) is 6.45. The molecule has 5 N–H and O–H groups in total. The average Bonchev–Trinajstić information content (AvgIpc) is 3.58. The summed E-state index contributed by atoms with van der Waals surface area (Å²) in [5, 5.41) is 27.3. The van der Waals surface area contributed by atoms with Gasteiger partial charge in [-0.2, -0.15) is 18.3 Å². The Morgan fingerprint density at radius 2 is 2.00 bits per heavy atom. The summed E-state index contributed by atoms with van der Waals surface area (Å²) >= 11 is 5.63. The van der Waals surface area contributed by atoms with Crippen molar-refractivity contribution in [1.29, 1.82) is 0 Å². The van der Waals surface area contributed by atoms with E-state index in [0.29, 0.717) is 28.7 Å². The first-order chi connectivity index (χ1) is 17.5. The van der Waals surface area contributed by atoms with E-state index in [0.717, 1.165) is 16.4 Å². The number of anilines is 2. The number of H-pyrrole nitrogens is 1. The lowest BCUT2D eigenvalue weighted by atomic mass is 10.1. The first-order valence-electron chi connectivity index (χ1n) is 10.8. The Bertz CT molecular complexity index is 1520. The van der Waals surface area contributed by atoms with Crippen molar-refractivity contribution in [3.63, 3.8) is 0 Å². The Balaban J connectivity index is 1.35. The highest BCUT2D eigenvalue weighted by Gasteiger charge is 2.41. The van der Waals surface area contributed by atoms with Crippen LogP contribution in [0.3, 0.4) is 0 Å². The van der Waals surface area contributed by atoms with Crippen LogP contribution in [0.2, 0.25) is 5.02 Å². The number of nitrogen functional groups attached to an aromatic ring is 1. The van der Waals surface area contributed by atoms with E-state index >= 15 is 0 Å². The van der Waals surface area contributed by atoms with Crippen molar-refractivity contribution in [3.05, 3.63) is 53.2 Å². The van der Waals surface area contributed by atoms with E-state index in [-0.39, 0.29) is 18.7 Å². The van der Waals surface area contributed by atoms with Crippen molar-refractivity contribution >= 4 is 46.0 Å². The lowest BCUT2D eigenvalue weighted by Crippen LogP contribution is -2.42. The van der Waals surface area contributed by atoms with Gasteiger partial charge < -0.3 is 16.2 Å². The Morgan fingerprint density at radius 3 is 2.73 bits per heavy atom. The van der Waals surface area contributed by atoms with Gasteiger partial charge in [0.15, 0.2) is 5.82 Å².